The molecule has 9 nitrogen and oxygen atoms in total. The van der Waals surface area contributed by atoms with Crippen LogP contribution in [0.25, 0.3) is 0 Å². The minimum absolute atomic E-state index is 0. The van der Waals surface area contributed by atoms with Crippen molar-refractivity contribution in [3.05, 3.63) is 0 Å². The zero-order valence-corrected chi connectivity index (χ0v) is 10.2. The number of hydrogen-bond donors (Lipinski definition) is 6. The lowest BCUT2D eigenvalue weighted by Gasteiger charge is -2.21. The molecule has 0 aliphatic heterocycles. The summed E-state index contributed by atoms with van der Waals surface area (Å²) < 4.78 is 14.1. The summed E-state index contributed by atoms with van der Waals surface area (Å²) in [7, 11) is -4.81. The highest BCUT2D eigenvalue weighted by Crippen LogP contribution is 2.35. The van der Waals surface area contributed by atoms with E-state index in [0.29, 0.717) is 0 Å². The molecule has 3 radical (unpaired) electrons. The van der Waals surface area contributed by atoms with Crippen molar-refractivity contribution in [1.29, 1.82) is 0 Å². The number of aliphatic hydroxyl groups is 4. The minimum atomic E-state index is -4.81. The summed E-state index contributed by atoms with van der Waals surface area (Å²) in [4.78, 5) is 27.2. The van der Waals surface area contributed by atoms with Crippen LogP contribution in [0.5, 0.6) is 0 Å². The molecule has 0 aromatic rings. The maximum Gasteiger partial charge on any atom is 0.469 e. The van der Waals surface area contributed by atoms with Crippen molar-refractivity contribution < 1.29 is 44.1 Å². The Morgan fingerprint density at radius 3 is 2.06 bits per heavy atom. The molecule has 0 aliphatic rings. The number of phosphoric ester groups is 1. The van der Waals surface area contributed by atoms with Crippen LogP contribution in [0.2, 0.25) is 0 Å². The fourth-order valence-corrected chi connectivity index (χ4v) is 1.11. The van der Waals surface area contributed by atoms with Gasteiger partial charge in [-0.05, 0) is 0 Å². The van der Waals surface area contributed by atoms with Gasteiger partial charge in [-0.2, -0.15) is 0 Å². The molecule has 3 atom stereocenters. The van der Waals surface area contributed by atoms with E-state index in [4.69, 9.17) is 30.2 Å². The van der Waals surface area contributed by atoms with Gasteiger partial charge in [0, 0.05) is 9.90 Å². The monoisotopic (exact) mass is 291 g/mol. The predicted octanol–water partition coefficient (Wildman–Crippen LogP) is -2.40. The molecule has 0 amide bonds. The van der Waals surface area contributed by atoms with Crippen LogP contribution in [0, 0.1) is 0 Å². The smallest absolute Gasteiger partial charge is 0.388 e. The van der Waals surface area contributed by atoms with E-state index in [2.05, 4.69) is 4.52 Å². The van der Waals surface area contributed by atoms with Crippen LogP contribution in [0.3, 0.4) is 0 Å². The third-order valence-electron chi connectivity index (χ3n) is 1.62. The van der Waals surface area contributed by atoms with Crippen LogP contribution in [0.1, 0.15) is 0 Å². The summed E-state index contributed by atoms with van der Waals surface area (Å²) in [6.45, 7) is -2.01. The first kappa shape index (κ1) is 19.4. The Balaban J connectivity index is 0. The van der Waals surface area contributed by atoms with E-state index >= 15 is 0 Å². The van der Waals surface area contributed by atoms with Gasteiger partial charge in [0.25, 0.3) is 0 Å². The van der Waals surface area contributed by atoms with Gasteiger partial charge >= 0.3 is 7.82 Å². The molecule has 11 heteroatoms. The molecule has 0 heterocycles. The Kier molecular flexibility index (Phi) is 9.36. The van der Waals surface area contributed by atoms with Crippen LogP contribution in [-0.2, 0) is 13.9 Å². The van der Waals surface area contributed by atoms with E-state index in [-0.39, 0.29) is 9.90 Å². The number of carbonyl (C=O) groups is 1. The lowest BCUT2D eigenvalue weighted by Crippen LogP contribution is -2.45. The van der Waals surface area contributed by atoms with Crippen molar-refractivity contribution in [2.45, 2.75) is 18.3 Å². The highest BCUT2D eigenvalue weighted by atomic mass is 31.2. The average Bonchev–Trinajstić information content (AvgIpc) is 2.21. The van der Waals surface area contributed by atoms with Crippen LogP contribution >= 0.6 is 17.7 Å². The van der Waals surface area contributed by atoms with Gasteiger partial charge in [-0.3, -0.25) is 9.32 Å². The molecule has 0 saturated carbocycles. The molecule has 0 spiro atoms. The van der Waals surface area contributed by atoms with Crippen molar-refractivity contribution >= 4 is 23.5 Å². The fraction of sp³-hybridized carbons (Fsp3) is 0.833. The van der Waals surface area contributed by atoms with Gasteiger partial charge in [-0.15, -0.1) is 0 Å². The van der Waals surface area contributed by atoms with Crippen molar-refractivity contribution in [2.75, 3.05) is 13.2 Å². The Labute approximate surface area is 99.9 Å². The fourth-order valence-electron chi connectivity index (χ4n) is 0.766. The first-order chi connectivity index (χ1) is 7.19. The minimum Gasteiger partial charge on any atom is -0.388 e. The summed E-state index contributed by atoms with van der Waals surface area (Å²) in [5.74, 6) is -1.14. The van der Waals surface area contributed by atoms with Gasteiger partial charge in [0.1, 0.15) is 24.9 Å². The average molecular weight is 291 g/mol. The highest BCUT2D eigenvalue weighted by molar-refractivity contribution is 7.46. The molecule has 0 aromatic heterocycles. The van der Waals surface area contributed by atoms with E-state index < -0.39 is 45.1 Å². The number of hydrogen-bond acceptors (Lipinski definition) is 7. The number of aliphatic hydroxyl groups excluding tert-OH is 4. The molecule has 101 valence electrons. The van der Waals surface area contributed by atoms with Gasteiger partial charge < -0.3 is 30.2 Å². The number of Topliss-reactive ketones (excluding diaryl/α,β-unsaturated/α-hetero) is 1. The second kappa shape index (κ2) is 8.20. The summed E-state index contributed by atoms with van der Waals surface area (Å²) in [5, 5.41) is 35.6. The second-order valence-corrected chi connectivity index (χ2v) is 4.15. The standard InChI is InChI=1S/C6H13O9P.P/c7-1-3(8)5(10)6(11)4(9)2-15-16(12,13)14;/h4-7,9-11H,1-2H2,(H2,12,13,14);/t4-,5-,6-;/m1./s1. The topological polar surface area (TPSA) is 165 Å². The quantitative estimate of drug-likeness (QED) is 0.280. The lowest BCUT2D eigenvalue weighted by atomic mass is 10.1. The van der Waals surface area contributed by atoms with E-state index in [1.165, 1.54) is 0 Å². The molecule has 0 unspecified atom stereocenters. The summed E-state index contributed by atoms with van der Waals surface area (Å²) in [6.07, 6.45) is -5.94. The number of ketones is 1. The molecule has 6 N–H and O–H groups in total. The number of rotatable bonds is 7. The molecule has 0 fully saturated rings. The van der Waals surface area contributed by atoms with Gasteiger partial charge in [-0.1, -0.05) is 0 Å². The molecular weight excluding hydrogens is 278 g/mol. The zero-order valence-electron chi connectivity index (χ0n) is 8.45. The Bertz CT molecular complexity index is 277. The van der Waals surface area contributed by atoms with Gasteiger partial charge in [0.05, 0.1) is 6.61 Å². The first-order valence-electron chi connectivity index (χ1n) is 4.07. The second-order valence-electron chi connectivity index (χ2n) is 2.91. The Hall–Kier alpha value is 0.0500. The summed E-state index contributed by atoms with van der Waals surface area (Å²) >= 11 is 0. The SMILES string of the molecule is O=C(CO)[C@@H](O)[C@H](O)[C@H](O)COP(=O)(O)O.[P]. The van der Waals surface area contributed by atoms with E-state index in [1.807, 2.05) is 0 Å². The van der Waals surface area contributed by atoms with Gasteiger partial charge in [0.2, 0.25) is 0 Å². The molecule has 0 aromatic carbocycles. The molecule has 0 bridgehead atoms. The Morgan fingerprint density at radius 1 is 1.24 bits per heavy atom. The van der Waals surface area contributed by atoms with Crippen LogP contribution in [-0.4, -0.2) is 67.5 Å². The van der Waals surface area contributed by atoms with E-state index in [9.17, 15) is 9.36 Å². The maximum absolute atomic E-state index is 10.7. The van der Waals surface area contributed by atoms with Crippen molar-refractivity contribution in [2.24, 2.45) is 0 Å². The molecular formula is C6H13O9P2. The summed E-state index contributed by atoms with van der Waals surface area (Å²) in [5.41, 5.74) is 0. The third-order valence-corrected chi connectivity index (χ3v) is 2.10. The Morgan fingerprint density at radius 2 is 1.71 bits per heavy atom. The van der Waals surface area contributed by atoms with Gasteiger partial charge in [0.15, 0.2) is 5.78 Å². The molecule has 0 aliphatic carbocycles. The van der Waals surface area contributed by atoms with Crippen LogP contribution < -0.4 is 0 Å². The first-order valence-corrected chi connectivity index (χ1v) is 5.60. The van der Waals surface area contributed by atoms with Gasteiger partial charge in [-0.25, -0.2) is 4.57 Å². The highest BCUT2D eigenvalue weighted by Gasteiger charge is 2.31. The molecule has 0 saturated heterocycles. The van der Waals surface area contributed by atoms with E-state index in [0.717, 1.165) is 0 Å². The number of carbonyl (C=O) groups excluding carboxylic acids is 1. The largest absolute Gasteiger partial charge is 0.469 e. The molecule has 0 rings (SSSR count). The van der Waals surface area contributed by atoms with E-state index in [1.54, 1.807) is 0 Å². The van der Waals surface area contributed by atoms with Crippen LogP contribution in [0.4, 0.5) is 0 Å². The third kappa shape index (κ3) is 7.88. The molecule has 17 heavy (non-hydrogen) atoms. The summed E-state index contributed by atoms with van der Waals surface area (Å²) in [6, 6.07) is 0. The lowest BCUT2D eigenvalue weighted by molar-refractivity contribution is -0.142. The predicted molar refractivity (Wildman–Crippen MR) is 55.0 cm³/mol. The normalized spacial score (nSPS) is 16.8. The van der Waals surface area contributed by atoms with Crippen molar-refractivity contribution in [1.82, 2.24) is 0 Å². The van der Waals surface area contributed by atoms with Crippen molar-refractivity contribution in [3.63, 3.8) is 0 Å². The number of phosphoric acid groups is 1. The van der Waals surface area contributed by atoms with Crippen LogP contribution in [0.15, 0.2) is 0 Å². The van der Waals surface area contributed by atoms with Crippen molar-refractivity contribution in [3.8, 4) is 0 Å². The zero-order chi connectivity index (χ0) is 12.9. The maximum atomic E-state index is 10.7.